The molecule has 0 aliphatic carbocycles. The quantitative estimate of drug-likeness (QED) is 0.785. The number of benzene rings is 2. The van der Waals surface area contributed by atoms with Gasteiger partial charge in [0.05, 0.1) is 27.4 Å². The molecule has 0 atom stereocenters. The first-order valence-corrected chi connectivity index (χ1v) is 7.62. The van der Waals surface area contributed by atoms with Crippen LogP contribution < -0.4 is 9.47 Å². The molecule has 0 unspecified atom stereocenters. The number of ether oxygens (including phenoxy) is 2. The van der Waals surface area contributed by atoms with E-state index in [1.165, 1.54) is 0 Å². The van der Waals surface area contributed by atoms with Gasteiger partial charge in [-0.15, -0.1) is 0 Å². The molecule has 0 saturated carbocycles. The second-order valence-electron chi connectivity index (χ2n) is 5.87. The largest absolute Gasteiger partial charge is 0.497 e. The Kier molecular flexibility index (Phi) is 6.02. The number of aliphatic hydroxyl groups excluding tert-OH is 2. The van der Waals surface area contributed by atoms with Gasteiger partial charge in [0, 0.05) is 5.41 Å². The minimum atomic E-state index is -0.594. The Bertz CT molecular complexity index is 534. The van der Waals surface area contributed by atoms with Gasteiger partial charge in [-0.05, 0) is 48.2 Å². The highest BCUT2D eigenvalue weighted by Gasteiger charge is 2.29. The van der Waals surface area contributed by atoms with Crippen molar-refractivity contribution in [3.8, 4) is 11.5 Å². The number of aliphatic hydroxyl groups is 2. The van der Waals surface area contributed by atoms with Crippen molar-refractivity contribution < 1.29 is 19.7 Å². The van der Waals surface area contributed by atoms with E-state index < -0.39 is 5.41 Å². The van der Waals surface area contributed by atoms with Crippen LogP contribution in [-0.2, 0) is 12.8 Å². The fourth-order valence-corrected chi connectivity index (χ4v) is 2.69. The SMILES string of the molecule is COc1ccc(CC(CO)(CO)Cc2ccc(OC)cc2)cc1. The average Bonchev–Trinajstić information content (AvgIpc) is 2.62. The van der Waals surface area contributed by atoms with E-state index in [4.69, 9.17) is 9.47 Å². The lowest BCUT2D eigenvalue weighted by atomic mass is 9.78. The predicted octanol–water partition coefficient (Wildman–Crippen LogP) is 2.46. The monoisotopic (exact) mass is 316 g/mol. The molecule has 0 saturated heterocycles. The summed E-state index contributed by atoms with van der Waals surface area (Å²) in [5.41, 5.74) is 1.52. The zero-order valence-electron chi connectivity index (χ0n) is 13.7. The summed E-state index contributed by atoms with van der Waals surface area (Å²) in [7, 11) is 3.26. The van der Waals surface area contributed by atoms with Crippen LogP contribution in [0.15, 0.2) is 48.5 Å². The van der Waals surface area contributed by atoms with Gasteiger partial charge in [0.2, 0.25) is 0 Å². The van der Waals surface area contributed by atoms with Crippen molar-refractivity contribution in [2.75, 3.05) is 27.4 Å². The molecule has 4 nitrogen and oxygen atoms in total. The van der Waals surface area contributed by atoms with Crippen molar-refractivity contribution in [3.05, 3.63) is 59.7 Å². The molecule has 0 fully saturated rings. The molecule has 0 amide bonds. The molecule has 0 radical (unpaired) electrons. The summed E-state index contributed by atoms with van der Waals surface area (Å²) in [6.45, 7) is -0.164. The van der Waals surface area contributed by atoms with Crippen LogP contribution in [0.1, 0.15) is 11.1 Å². The maximum atomic E-state index is 9.89. The van der Waals surface area contributed by atoms with Crippen molar-refractivity contribution in [1.29, 1.82) is 0 Å². The van der Waals surface area contributed by atoms with Gasteiger partial charge in [0.1, 0.15) is 11.5 Å². The summed E-state index contributed by atoms with van der Waals surface area (Å²) in [4.78, 5) is 0. The molecule has 2 rings (SSSR count). The van der Waals surface area contributed by atoms with Crippen molar-refractivity contribution >= 4 is 0 Å². The third-order valence-electron chi connectivity index (χ3n) is 4.15. The van der Waals surface area contributed by atoms with Gasteiger partial charge >= 0.3 is 0 Å². The van der Waals surface area contributed by atoms with E-state index in [9.17, 15) is 10.2 Å². The van der Waals surface area contributed by atoms with Gasteiger partial charge < -0.3 is 19.7 Å². The lowest BCUT2D eigenvalue weighted by Gasteiger charge is -2.30. The Labute approximate surface area is 137 Å². The smallest absolute Gasteiger partial charge is 0.118 e. The number of hydrogen-bond donors (Lipinski definition) is 2. The van der Waals surface area contributed by atoms with Crippen LogP contribution in [-0.4, -0.2) is 37.6 Å². The second kappa shape index (κ2) is 7.99. The van der Waals surface area contributed by atoms with E-state index >= 15 is 0 Å². The summed E-state index contributed by atoms with van der Waals surface area (Å²) in [5, 5.41) is 19.8. The van der Waals surface area contributed by atoms with E-state index in [-0.39, 0.29) is 13.2 Å². The van der Waals surface area contributed by atoms with E-state index in [0.29, 0.717) is 12.8 Å². The Morgan fingerprint density at radius 2 is 1.04 bits per heavy atom. The van der Waals surface area contributed by atoms with E-state index in [2.05, 4.69) is 0 Å². The first-order chi connectivity index (χ1) is 11.1. The summed E-state index contributed by atoms with van der Waals surface area (Å²) >= 11 is 0. The van der Waals surface area contributed by atoms with Gasteiger partial charge in [-0.3, -0.25) is 0 Å². The molecule has 0 bridgehead atoms. The average molecular weight is 316 g/mol. The number of rotatable bonds is 8. The van der Waals surface area contributed by atoms with Crippen LogP contribution >= 0.6 is 0 Å². The van der Waals surface area contributed by atoms with E-state index in [1.807, 2.05) is 48.5 Å². The molecule has 2 aromatic rings. The molecule has 0 aliphatic heterocycles. The molecule has 2 N–H and O–H groups in total. The summed E-state index contributed by atoms with van der Waals surface area (Å²) in [5.74, 6) is 1.59. The summed E-state index contributed by atoms with van der Waals surface area (Å²) in [6.07, 6.45) is 1.19. The molecule has 2 aromatic carbocycles. The topological polar surface area (TPSA) is 58.9 Å². The molecule has 0 aromatic heterocycles. The molecule has 4 heteroatoms. The first kappa shape index (κ1) is 17.3. The first-order valence-electron chi connectivity index (χ1n) is 7.62. The fourth-order valence-electron chi connectivity index (χ4n) is 2.69. The normalized spacial score (nSPS) is 11.3. The predicted molar refractivity (Wildman–Crippen MR) is 90.0 cm³/mol. The Morgan fingerprint density at radius 3 is 1.30 bits per heavy atom. The van der Waals surface area contributed by atoms with Gasteiger partial charge in [0.15, 0.2) is 0 Å². The highest BCUT2D eigenvalue weighted by molar-refractivity contribution is 5.30. The van der Waals surface area contributed by atoms with Crippen molar-refractivity contribution in [2.45, 2.75) is 12.8 Å². The molecular formula is C19H24O4. The summed E-state index contributed by atoms with van der Waals surface area (Å²) < 4.78 is 10.3. The van der Waals surface area contributed by atoms with Gasteiger partial charge in [0.25, 0.3) is 0 Å². The van der Waals surface area contributed by atoms with E-state index in [0.717, 1.165) is 22.6 Å². The standard InChI is InChI=1S/C19H24O4/c1-22-17-7-3-15(4-8-17)11-19(13-20,14-21)12-16-5-9-18(23-2)10-6-16/h3-10,20-21H,11-14H2,1-2H3. The van der Waals surface area contributed by atoms with Crippen LogP contribution in [0.25, 0.3) is 0 Å². The minimum Gasteiger partial charge on any atom is -0.497 e. The molecule has 124 valence electrons. The molecule has 0 aliphatic rings. The number of methoxy groups -OCH3 is 2. The summed E-state index contributed by atoms with van der Waals surface area (Å²) in [6, 6.07) is 15.4. The van der Waals surface area contributed by atoms with Gasteiger partial charge in [-0.25, -0.2) is 0 Å². The second-order valence-corrected chi connectivity index (χ2v) is 5.87. The highest BCUT2D eigenvalue weighted by Crippen LogP contribution is 2.29. The van der Waals surface area contributed by atoms with Crippen LogP contribution in [0.5, 0.6) is 11.5 Å². The van der Waals surface area contributed by atoms with Crippen LogP contribution in [0.2, 0.25) is 0 Å². The molecule has 0 spiro atoms. The van der Waals surface area contributed by atoms with Gasteiger partial charge in [-0.2, -0.15) is 0 Å². The lowest BCUT2D eigenvalue weighted by Crippen LogP contribution is -2.34. The highest BCUT2D eigenvalue weighted by atomic mass is 16.5. The maximum Gasteiger partial charge on any atom is 0.118 e. The molecular weight excluding hydrogens is 292 g/mol. The fraction of sp³-hybridized carbons (Fsp3) is 0.368. The zero-order valence-corrected chi connectivity index (χ0v) is 13.7. The maximum absolute atomic E-state index is 9.89. The van der Waals surface area contributed by atoms with Gasteiger partial charge in [-0.1, -0.05) is 24.3 Å². The minimum absolute atomic E-state index is 0.0818. The van der Waals surface area contributed by atoms with Crippen LogP contribution in [0.4, 0.5) is 0 Å². The Morgan fingerprint density at radius 1 is 0.696 bits per heavy atom. The third kappa shape index (κ3) is 4.47. The van der Waals surface area contributed by atoms with Crippen LogP contribution in [0.3, 0.4) is 0 Å². The van der Waals surface area contributed by atoms with Crippen molar-refractivity contribution in [1.82, 2.24) is 0 Å². The third-order valence-corrected chi connectivity index (χ3v) is 4.15. The Hall–Kier alpha value is -2.04. The molecule has 23 heavy (non-hydrogen) atoms. The lowest BCUT2D eigenvalue weighted by molar-refractivity contribution is 0.0548. The van der Waals surface area contributed by atoms with E-state index in [1.54, 1.807) is 14.2 Å². The van der Waals surface area contributed by atoms with Crippen molar-refractivity contribution in [2.24, 2.45) is 5.41 Å². The van der Waals surface area contributed by atoms with Crippen LogP contribution in [0, 0.1) is 5.41 Å². The molecule has 0 heterocycles. The van der Waals surface area contributed by atoms with Crippen molar-refractivity contribution in [3.63, 3.8) is 0 Å². The Balaban J connectivity index is 2.16. The zero-order chi connectivity index (χ0) is 16.7. The number of hydrogen-bond acceptors (Lipinski definition) is 4.